The topological polar surface area (TPSA) is 68.5 Å². The van der Waals surface area contributed by atoms with E-state index in [0.29, 0.717) is 0 Å². The Bertz CT molecular complexity index is 579. The van der Waals surface area contributed by atoms with Crippen LogP contribution in [0.15, 0.2) is 4.42 Å². The molecule has 0 radical (unpaired) electrons. The fourth-order valence-electron chi connectivity index (χ4n) is 2.12. The first kappa shape index (κ1) is 20.9. The Morgan fingerprint density at radius 1 is 0.955 bits per heavy atom. The van der Waals surface area contributed by atoms with Gasteiger partial charge in [-0.1, -0.05) is 20.8 Å². The molecule has 1 rings (SSSR count). The van der Waals surface area contributed by atoms with Gasteiger partial charge < -0.3 is 4.55 Å². The molecule has 0 saturated carbocycles. The highest BCUT2D eigenvalue weighted by molar-refractivity contribution is 7.86. The average molecular weight is 342 g/mol. The van der Waals surface area contributed by atoms with Crippen molar-refractivity contribution in [2.24, 2.45) is 0 Å². The summed E-state index contributed by atoms with van der Waals surface area (Å²) in [6.07, 6.45) is 3.09. The third kappa shape index (κ3) is 5.24. The van der Waals surface area contributed by atoms with Crippen molar-refractivity contribution in [2.75, 3.05) is 0 Å². The fraction of sp³-hybridized carbons (Fsp3) is 0.643. The van der Waals surface area contributed by atoms with Crippen molar-refractivity contribution in [3.8, 4) is 0 Å². The molecule has 128 valence electrons. The summed E-state index contributed by atoms with van der Waals surface area (Å²) in [6, 6.07) is 0. The van der Waals surface area contributed by atoms with Gasteiger partial charge in [0.2, 0.25) is 0 Å². The smallest absolute Gasteiger partial charge is 0.485 e. The highest BCUT2D eigenvalue weighted by atomic mass is 32.2. The summed E-state index contributed by atoms with van der Waals surface area (Å²) in [5, 5.41) is 0. The van der Waals surface area contributed by atoms with Crippen LogP contribution in [0, 0.1) is 13.8 Å². The zero-order valence-corrected chi connectivity index (χ0v) is 14.1. The van der Waals surface area contributed by atoms with Crippen molar-refractivity contribution in [2.45, 2.75) is 59.4 Å². The molecular weight excluding hydrogens is 321 g/mol. The van der Waals surface area contributed by atoms with Gasteiger partial charge in [-0.25, -0.2) is 12.8 Å². The largest absolute Gasteiger partial charge is 0.741 e. The normalized spacial score (nSPS) is 11.9. The fourth-order valence-corrected chi connectivity index (χ4v) is 2.12. The van der Waals surface area contributed by atoms with Gasteiger partial charge in [0.25, 0.3) is 0 Å². The lowest BCUT2D eigenvalue weighted by molar-refractivity contribution is -0.0517. The molecule has 0 amide bonds. The van der Waals surface area contributed by atoms with Crippen LogP contribution in [0.1, 0.15) is 49.0 Å². The van der Waals surface area contributed by atoms with Crippen molar-refractivity contribution in [1.29, 1.82) is 0 Å². The van der Waals surface area contributed by atoms with E-state index in [4.69, 9.17) is 17.4 Å². The summed E-state index contributed by atoms with van der Waals surface area (Å²) < 4.78 is 64.8. The maximum absolute atomic E-state index is 10.7. The van der Waals surface area contributed by atoms with Gasteiger partial charge >= 0.3 is 17.0 Å². The predicted molar refractivity (Wildman–Crippen MR) is 76.5 cm³/mol. The van der Waals surface area contributed by atoms with Gasteiger partial charge in [-0.2, -0.15) is 13.2 Å². The molecule has 0 saturated heterocycles. The van der Waals surface area contributed by atoms with Crippen LogP contribution >= 0.6 is 0 Å². The van der Waals surface area contributed by atoms with E-state index >= 15 is 0 Å². The van der Waals surface area contributed by atoms with Crippen LogP contribution in [-0.4, -0.2) is 18.5 Å². The number of hydrogen-bond acceptors (Lipinski definition) is 3. The Balaban J connectivity index is 0.000000472. The summed E-state index contributed by atoms with van der Waals surface area (Å²) in [7, 11) is -6.09. The molecule has 0 fully saturated rings. The van der Waals surface area contributed by atoms with Crippen LogP contribution in [0.2, 0.25) is 0 Å². The Hall–Kier alpha value is -1.15. The van der Waals surface area contributed by atoms with E-state index < -0.39 is 15.6 Å². The first-order valence-corrected chi connectivity index (χ1v) is 8.27. The highest BCUT2D eigenvalue weighted by Gasteiger charge is 2.36. The van der Waals surface area contributed by atoms with Crippen LogP contribution in [0.25, 0.3) is 0 Å². The van der Waals surface area contributed by atoms with Gasteiger partial charge in [0.1, 0.15) is 0 Å². The van der Waals surface area contributed by atoms with E-state index in [1.54, 1.807) is 0 Å². The van der Waals surface area contributed by atoms with Gasteiger partial charge in [0, 0.05) is 0 Å². The number of halogens is 3. The van der Waals surface area contributed by atoms with Gasteiger partial charge in [0.05, 0.1) is 24.0 Å². The minimum Gasteiger partial charge on any atom is -0.741 e. The van der Waals surface area contributed by atoms with Gasteiger partial charge in [0.15, 0.2) is 10.1 Å². The second-order valence-electron chi connectivity index (χ2n) is 4.64. The molecule has 1 heterocycles. The third-order valence-corrected chi connectivity index (χ3v) is 3.83. The van der Waals surface area contributed by atoms with E-state index in [1.807, 2.05) is 0 Å². The number of hydrogen-bond donors (Lipinski definition) is 0. The van der Waals surface area contributed by atoms with E-state index in [9.17, 15) is 13.2 Å². The first-order valence-electron chi connectivity index (χ1n) is 6.86. The standard InChI is InChI=1S/C13H21O.CHF3O3S/c1-6-11-9(4)12(7-2)14-13(8-3)10(11)5;2-1(3,4)8(5,6)7/h6-8H2,1-5H3;(H,5,6,7)/q+1;/p-1. The molecule has 0 bridgehead atoms. The van der Waals surface area contributed by atoms with E-state index in [-0.39, 0.29) is 0 Å². The molecule has 0 aliphatic carbocycles. The SMILES string of the molecule is CCc1[o+]c(CC)c(C)c(CC)c1C.O=S(=O)([O-])C(F)(F)F. The maximum atomic E-state index is 10.7. The van der Waals surface area contributed by atoms with Gasteiger partial charge in [-0.3, -0.25) is 0 Å². The Morgan fingerprint density at radius 2 is 1.27 bits per heavy atom. The molecule has 0 atom stereocenters. The highest BCUT2D eigenvalue weighted by Crippen LogP contribution is 2.24. The number of alkyl halides is 3. The maximum Gasteiger partial charge on any atom is 0.485 e. The molecule has 0 aliphatic heterocycles. The van der Waals surface area contributed by atoms with E-state index in [1.165, 1.54) is 16.7 Å². The van der Waals surface area contributed by atoms with Crippen LogP contribution in [0.3, 0.4) is 0 Å². The first-order chi connectivity index (χ1) is 9.90. The molecule has 1 aromatic heterocycles. The van der Waals surface area contributed by atoms with Gasteiger partial charge in [-0.15, -0.1) is 0 Å². The third-order valence-electron chi connectivity index (χ3n) is 3.27. The molecule has 4 nitrogen and oxygen atoms in total. The quantitative estimate of drug-likeness (QED) is 0.474. The molecule has 0 aliphatic rings. The summed E-state index contributed by atoms with van der Waals surface area (Å²) in [5.41, 5.74) is -1.47. The van der Waals surface area contributed by atoms with Crippen molar-refractivity contribution in [1.82, 2.24) is 0 Å². The molecule has 0 unspecified atom stereocenters. The van der Waals surface area contributed by atoms with Gasteiger partial charge in [-0.05, 0) is 25.8 Å². The molecule has 0 N–H and O–H groups in total. The van der Waals surface area contributed by atoms with Crippen LogP contribution < -0.4 is 0 Å². The minimum absolute atomic E-state index is 0.992. The molecule has 0 spiro atoms. The second kappa shape index (κ2) is 7.92. The minimum atomic E-state index is -6.09. The van der Waals surface area contributed by atoms with Crippen LogP contribution in [0.5, 0.6) is 0 Å². The Labute approximate surface area is 129 Å². The van der Waals surface area contributed by atoms with Crippen molar-refractivity contribution in [3.63, 3.8) is 0 Å². The lowest BCUT2D eigenvalue weighted by Gasteiger charge is -2.08. The molecule has 1 aromatic rings. The van der Waals surface area contributed by atoms with Crippen LogP contribution in [0.4, 0.5) is 13.2 Å². The zero-order valence-electron chi connectivity index (χ0n) is 13.3. The lowest BCUT2D eigenvalue weighted by Crippen LogP contribution is -2.21. The Kier molecular flexibility index (Phi) is 7.50. The van der Waals surface area contributed by atoms with E-state index in [0.717, 1.165) is 30.8 Å². The Morgan fingerprint density at radius 3 is 1.45 bits per heavy atom. The summed E-state index contributed by atoms with van der Waals surface area (Å²) in [5.74, 6) is 2.31. The molecule has 0 aromatic carbocycles. The molecular formula is C14H21F3O4S. The summed E-state index contributed by atoms with van der Waals surface area (Å²) in [6.45, 7) is 10.9. The average Bonchev–Trinajstić information content (AvgIpc) is 2.38. The molecule has 8 heteroatoms. The monoisotopic (exact) mass is 342 g/mol. The van der Waals surface area contributed by atoms with Crippen molar-refractivity contribution >= 4 is 10.1 Å². The number of aryl methyl sites for hydroxylation is 2. The number of rotatable bonds is 3. The van der Waals surface area contributed by atoms with Crippen LogP contribution in [-0.2, 0) is 29.4 Å². The summed E-state index contributed by atoms with van der Waals surface area (Å²) >= 11 is 0. The molecule has 22 heavy (non-hydrogen) atoms. The van der Waals surface area contributed by atoms with E-state index in [2.05, 4.69) is 34.6 Å². The second-order valence-corrected chi connectivity index (χ2v) is 6.01. The van der Waals surface area contributed by atoms with Crippen molar-refractivity contribution in [3.05, 3.63) is 28.2 Å². The predicted octanol–water partition coefficient (Wildman–Crippen LogP) is 3.92. The summed E-state index contributed by atoms with van der Waals surface area (Å²) in [4.78, 5) is 0. The zero-order chi connectivity index (χ0) is 17.7. The van der Waals surface area contributed by atoms with Crippen molar-refractivity contribution < 1.29 is 30.6 Å². The lowest BCUT2D eigenvalue weighted by atomic mass is 9.98.